The van der Waals surface area contributed by atoms with Gasteiger partial charge in [0.25, 0.3) is 5.56 Å². The first-order chi connectivity index (χ1) is 15.6. The average molecular weight is 463 g/mol. The van der Waals surface area contributed by atoms with Gasteiger partial charge in [-0.05, 0) is 40.6 Å². The van der Waals surface area contributed by atoms with E-state index in [1.54, 1.807) is 11.8 Å². The molecule has 0 bridgehead atoms. The van der Waals surface area contributed by atoms with Crippen LogP contribution in [0.15, 0.2) is 63.9 Å². The molecule has 0 fully saturated rings. The van der Waals surface area contributed by atoms with E-state index in [0.717, 1.165) is 22.4 Å². The molecular weight excluding hydrogens is 444 g/mol. The van der Waals surface area contributed by atoms with Gasteiger partial charge in [0.2, 0.25) is 5.16 Å². The fourth-order valence-corrected chi connectivity index (χ4v) is 5.13. The van der Waals surface area contributed by atoms with Gasteiger partial charge in [0.1, 0.15) is 22.1 Å². The van der Waals surface area contributed by atoms with Crippen molar-refractivity contribution < 1.29 is 4.74 Å². The summed E-state index contributed by atoms with van der Waals surface area (Å²) in [5.74, 6) is 1.66. The number of nitrogens with zero attached hydrogens (tertiary/aromatic N) is 5. The highest BCUT2D eigenvalue weighted by Gasteiger charge is 2.16. The molecule has 3 aromatic heterocycles. The Balaban J connectivity index is 1.44. The van der Waals surface area contributed by atoms with Crippen LogP contribution < -0.4 is 10.3 Å². The number of ether oxygens (including phenoxy) is 1. The number of nitrogens with one attached hydrogen (secondary N) is 1. The Morgan fingerprint density at radius 2 is 2.03 bits per heavy atom. The molecule has 0 aliphatic heterocycles. The van der Waals surface area contributed by atoms with E-state index >= 15 is 0 Å². The number of rotatable bonds is 6. The quantitative estimate of drug-likeness (QED) is 0.377. The third-order valence-electron chi connectivity index (χ3n) is 4.92. The Morgan fingerprint density at radius 1 is 1.19 bits per heavy atom. The smallest absolute Gasteiger partial charge is 0.260 e. The zero-order valence-corrected chi connectivity index (χ0v) is 18.9. The summed E-state index contributed by atoms with van der Waals surface area (Å²) < 4.78 is 7.09. The van der Waals surface area contributed by atoms with Crippen LogP contribution in [0.3, 0.4) is 0 Å². The first kappa shape index (κ1) is 20.4. The van der Waals surface area contributed by atoms with Crippen molar-refractivity contribution in [3.05, 3.63) is 75.7 Å². The van der Waals surface area contributed by atoms with Crippen LogP contribution in [0.2, 0.25) is 0 Å². The number of fused-ring (bicyclic) bond motifs is 1. The van der Waals surface area contributed by atoms with Crippen molar-refractivity contribution in [3.63, 3.8) is 0 Å². The number of tetrazole rings is 1. The minimum atomic E-state index is -0.148. The molecule has 3 heterocycles. The molecule has 2 aromatic carbocycles. The summed E-state index contributed by atoms with van der Waals surface area (Å²) >= 11 is 2.85. The monoisotopic (exact) mass is 462 g/mol. The Hall–Kier alpha value is -3.50. The molecule has 5 aromatic rings. The van der Waals surface area contributed by atoms with Crippen LogP contribution in [0.4, 0.5) is 0 Å². The fraction of sp³-hybridized carbons (Fsp3) is 0.136. The van der Waals surface area contributed by atoms with Gasteiger partial charge >= 0.3 is 0 Å². The number of thiophene rings is 1. The molecule has 0 unspecified atom stereocenters. The first-order valence-electron chi connectivity index (χ1n) is 9.76. The maximum absolute atomic E-state index is 12.9. The average Bonchev–Trinajstić information content (AvgIpc) is 3.45. The van der Waals surface area contributed by atoms with Crippen LogP contribution in [-0.4, -0.2) is 37.3 Å². The van der Waals surface area contributed by atoms with E-state index in [1.165, 1.54) is 23.1 Å². The van der Waals surface area contributed by atoms with Gasteiger partial charge in [-0.2, -0.15) is 4.68 Å². The normalized spacial score (nSPS) is 11.2. The Labute approximate surface area is 191 Å². The summed E-state index contributed by atoms with van der Waals surface area (Å²) in [5.41, 5.74) is 3.57. The van der Waals surface area contributed by atoms with E-state index in [0.29, 0.717) is 32.7 Å². The minimum Gasteiger partial charge on any atom is -0.494 e. The number of hydrogen-bond donors (Lipinski definition) is 1. The number of hydrogen-bond acceptors (Lipinski definition) is 8. The van der Waals surface area contributed by atoms with Crippen molar-refractivity contribution in [3.8, 4) is 22.6 Å². The van der Waals surface area contributed by atoms with E-state index in [9.17, 15) is 4.79 Å². The van der Waals surface area contributed by atoms with Gasteiger partial charge in [-0.3, -0.25) is 4.79 Å². The molecule has 0 aliphatic carbocycles. The minimum absolute atomic E-state index is 0.148. The highest BCUT2D eigenvalue weighted by atomic mass is 32.2. The summed E-state index contributed by atoms with van der Waals surface area (Å²) in [6.07, 6.45) is 0. The number of benzene rings is 2. The summed E-state index contributed by atoms with van der Waals surface area (Å²) in [4.78, 5) is 21.2. The molecule has 0 saturated heterocycles. The molecule has 0 aliphatic rings. The van der Waals surface area contributed by atoms with Gasteiger partial charge in [-0.15, -0.1) is 16.4 Å². The van der Waals surface area contributed by atoms with E-state index in [-0.39, 0.29) is 5.56 Å². The standard InChI is InChI=1S/C22H18N6O2S2/c1-13-8-9-17(30-2)16(10-13)28-22(25-26-27-28)32-12-18-23-20(29)19-15(11-31-21(19)24-18)14-6-4-3-5-7-14/h3-11H,12H2,1-2H3,(H,23,24,29). The summed E-state index contributed by atoms with van der Waals surface area (Å²) in [5, 5.41) is 15.2. The Kier molecular flexibility index (Phi) is 5.46. The number of methoxy groups -OCH3 is 1. The molecule has 0 radical (unpaired) electrons. The predicted molar refractivity (Wildman–Crippen MR) is 126 cm³/mol. The van der Waals surface area contributed by atoms with Crippen molar-refractivity contribution in [1.29, 1.82) is 0 Å². The number of H-pyrrole nitrogens is 1. The molecule has 0 amide bonds. The molecule has 32 heavy (non-hydrogen) atoms. The lowest BCUT2D eigenvalue weighted by Gasteiger charge is -2.10. The van der Waals surface area contributed by atoms with Gasteiger partial charge in [-0.25, -0.2) is 4.98 Å². The third kappa shape index (κ3) is 3.78. The topological polar surface area (TPSA) is 98.6 Å². The van der Waals surface area contributed by atoms with Crippen LogP contribution in [0.25, 0.3) is 27.0 Å². The van der Waals surface area contributed by atoms with E-state index in [2.05, 4.69) is 25.5 Å². The first-order valence-corrected chi connectivity index (χ1v) is 11.6. The lowest BCUT2D eigenvalue weighted by atomic mass is 10.1. The van der Waals surface area contributed by atoms with E-state index in [1.807, 2.05) is 60.8 Å². The molecule has 0 atom stereocenters. The van der Waals surface area contributed by atoms with Crippen molar-refractivity contribution >= 4 is 33.3 Å². The van der Waals surface area contributed by atoms with Gasteiger partial charge in [0.05, 0.1) is 18.2 Å². The summed E-state index contributed by atoms with van der Waals surface area (Å²) in [7, 11) is 1.61. The molecule has 0 saturated carbocycles. The van der Waals surface area contributed by atoms with E-state index in [4.69, 9.17) is 4.74 Å². The van der Waals surface area contributed by atoms with Gasteiger partial charge < -0.3 is 9.72 Å². The predicted octanol–water partition coefficient (Wildman–Crippen LogP) is 4.24. The van der Waals surface area contributed by atoms with Crippen molar-refractivity contribution in [2.24, 2.45) is 0 Å². The Morgan fingerprint density at radius 3 is 2.84 bits per heavy atom. The van der Waals surface area contributed by atoms with Crippen molar-refractivity contribution in [1.82, 2.24) is 30.2 Å². The molecule has 0 spiro atoms. The molecule has 10 heteroatoms. The Bertz CT molecular complexity index is 1460. The zero-order valence-electron chi connectivity index (χ0n) is 17.3. The third-order valence-corrected chi connectivity index (χ3v) is 6.72. The van der Waals surface area contributed by atoms with Gasteiger partial charge in [0, 0.05) is 10.9 Å². The SMILES string of the molecule is COc1ccc(C)cc1-n1nnnc1SCc1nc2scc(-c3ccccc3)c2c(=O)[nH]1. The van der Waals surface area contributed by atoms with Crippen LogP contribution >= 0.6 is 23.1 Å². The largest absolute Gasteiger partial charge is 0.494 e. The van der Waals surface area contributed by atoms with Crippen LogP contribution in [0.1, 0.15) is 11.4 Å². The molecule has 5 rings (SSSR count). The molecular formula is C22H18N6O2S2. The maximum Gasteiger partial charge on any atom is 0.260 e. The number of aromatic amines is 1. The lowest BCUT2D eigenvalue weighted by molar-refractivity contribution is 0.410. The van der Waals surface area contributed by atoms with Crippen LogP contribution in [0.5, 0.6) is 5.75 Å². The molecule has 160 valence electrons. The van der Waals surface area contributed by atoms with E-state index < -0.39 is 0 Å². The van der Waals surface area contributed by atoms with Crippen molar-refractivity contribution in [2.75, 3.05) is 7.11 Å². The zero-order chi connectivity index (χ0) is 22.1. The maximum atomic E-state index is 12.9. The summed E-state index contributed by atoms with van der Waals surface area (Å²) in [6.45, 7) is 1.99. The van der Waals surface area contributed by atoms with Gasteiger partial charge in [-0.1, -0.05) is 48.2 Å². The second kappa shape index (κ2) is 8.56. The van der Waals surface area contributed by atoms with Crippen molar-refractivity contribution in [2.45, 2.75) is 17.8 Å². The van der Waals surface area contributed by atoms with Crippen LogP contribution in [-0.2, 0) is 5.75 Å². The summed E-state index contributed by atoms with van der Waals surface area (Å²) in [6, 6.07) is 15.7. The highest BCUT2D eigenvalue weighted by Crippen LogP contribution is 2.31. The highest BCUT2D eigenvalue weighted by molar-refractivity contribution is 7.98. The number of aromatic nitrogens is 6. The number of thioether (sulfide) groups is 1. The molecule has 1 N–H and O–H groups in total. The van der Waals surface area contributed by atoms with Crippen LogP contribution in [0, 0.1) is 6.92 Å². The fourth-order valence-electron chi connectivity index (χ4n) is 3.41. The second-order valence-electron chi connectivity index (χ2n) is 7.05. The molecule has 8 nitrogen and oxygen atoms in total. The lowest BCUT2D eigenvalue weighted by Crippen LogP contribution is -2.11. The van der Waals surface area contributed by atoms with Gasteiger partial charge in [0.15, 0.2) is 0 Å². The number of aryl methyl sites for hydroxylation is 1. The second-order valence-corrected chi connectivity index (χ2v) is 8.85.